The third kappa shape index (κ3) is 3.25. The van der Waals surface area contributed by atoms with Crippen LogP contribution in [-0.2, 0) is 6.54 Å². The lowest BCUT2D eigenvalue weighted by atomic mass is 10.3. The van der Waals surface area contributed by atoms with Gasteiger partial charge in [-0.15, -0.1) is 11.3 Å². The highest BCUT2D eigenvalue weighted by Gasteiger charge is 2.24. The van der Waals surface area contributed by atoms with Crippen LogP contribution in [0.5, 0.6) is 0 Å². The number of anilines is 1. The van der Waals surface area contributed by atoms with Gasteiger partial charge in [-0.05, 0) is 51.5 Å². The molecule has 0 N–H and O–H groups in total. The summed E-state index contributed by atoms with van der Waals surface area (Å²) in [5, 5.41) is 13.1. The zero-order chi connectivity index (χ0) is 14.9. The molecular weight excluding hydrogens is 368 g/mol. The van der Waals surface area contributed by atoms with Crippen molar-refractivity contribution in [2.75, 3.05) is 11.9 Å². The van der Waals surface area contributed by atoms with E-state index in [-0.39, 0.29) is 22.5 Å². The first kappa shape index (κ1) is 15.1. The molecule has 0 spiro atoms. The van der Waals surface area contributed by atoms with Crippen LogP contribution in [0.4, 0.5) is 11.5 Å². The van der Waals surface area contributed by atoms with Crippen LogP contribution in [0.2, 0.25) is 5.28 Å². The van der Waals surface area contributed by atoms with Gasteiger partial charge in [0.1, 0.15) is 5.69 Å². The summed E-state index contributed by atoms with van der Waals surface area (Å²) in [4.78, 5) is 20.2. The Balaban J connectivity index is 2.38. The molecule has 20 heavy (non-hydrogen) atoms. The largest absolute Gasteiger partial charge is 0.349 e. The van der Waals surface area contributed by atoms with E-state index in [0.717, 1.165) is 9.35 Å². The molecule has 0 radical (unpaired) electrons. The van der Waals surface area contributed by atoms with Crippen LogP contribution in [0.3, 0.4) is 0 Å². The van der Waals surface area contributed by atoms with E-state index in [1.807, 2.05) is 11.4 Å². The Labute approximate surface area is 132 Å². The lowest BCUT2D eigenvalue weighted by Crippen LogP contribution is -2.19. The summed E-state index contributed by atoms with van der Waals surface area (Å²) in [6.07, 6.45) is 0. The first-order valence-electron chi connectivity index (χ1n) is 5.51. The second kappa shape index (κ2) is 6.02. The van der Waals surface area contributed by atoms with Crippen LogP contribution in [0, 0.1) is 17.0 Å². The quantitative estimate of drug-likeness (QED) is 0.460. The predicted octanol–water partition coefficient (Wildman–Crippen LogP) is 3.81. The van der Waals surface area contributed by atoms with Crippen molar-refractivity contribution in [2.24, 2.45) is 0 Å². The summed E-state index contributed by atoms with van der Waals surface area (Å²) in [5.74, 6) is 0.217. The van der Waals surface area contributed by atoms with Crippen LogP contribution in [-0.4, -0.2) is 21.9 Å². The van der Waals surface area contributed by atoms with Gasteiger partial charge >= 0.3 is 5.69 Å². The SMILES string of the molecule is Cc1nc(Cl)nc(N(C)Cc2csc(Br)c2)c1[N+](=O)[O-]. The molecule has 2 aromatic heterocycles. The summed E-state index contributed by atoms with van der Waals surface area (Å²) in [6.45, 7) is 2.04. The Morgan fingerprint density at radius 2 is 2.25 bits per heavy atom. The van der Waals surface area contributed by atoms with Gasteiger partial charge in [-0.3, -0.25) is 10.1 Å². The van der Waals surface area contributed by atoms with Crippen LogP contribution in [0.15, 0.2) is 15.2 Å². The van der Waals surface area contributed by atoms with Crippen molar-refractivity contribution in [1.29, 1.82) is 0 Å². The fourth-order valence-electron chi connectivity index (χ4n) is 1.78. The average molecular weight is 378 g/mol. The molecule has 2 heterocycles. The summed E-state index contributed by atoms with van der Waals surface area (Å²) < 4.78 is 1.01. The molecule has 2 aromatic rings. The molecule has 6 nitrogen and oxygen atoms in total. The highest BCUT2D eigenvalue weighted by atomic mass is 79.9. The number of nitrogens with zero attached hydrogens (tertiary/aromatic N) is 4. The molecule has 0 aromatic carbocycles. The van der Waals surface area contributed by atoms with E-state index >= 15 is 0 Å². The van der Waals surface area contributed by atoms with Gasteiger partial charge in [0, 0.05) is 13.6 Å². The number of halogens is 2. The fraction of sp³-hybridized carbons (Fsp3) is 0.273. The molecule has 0 amide bonds. The van der Waals surface area contributed by atoms with Crippen molar-refractivity contribution in [1.82, 2.24) is 9.97 Å². The van der Waals surface area contributed by atoms with E-state index in [9.17, 15) is 10.1 Å². The molecular formula is C11H10BrClN4O2S. The minimum absolute atomic E-state index is 0.00134. The van der Waals surface area contributed by atoms with Crippen molar-refractivity contribution < 1.29 is 4.92 Å². The lowest BCUT2D eigenvalue weighted by Gasteiger charge is -2.17. The monoisotopic (exact) mass is 376 g/mol. The van der Waals surface area contributed by atoms with Gasteiger partial charge in [-0.2, -0.15) is 4.98 Å². The second-order valence-electron chi connectivity index (χ2n) is 4.12. The zero-order valence-corrected chi connectivity index (χ0v) is 13.8. The van der Waals surface area contributed by atoms with Crippen LogP contribution in [0.25, 0.3) is 0 Å². The van der Waals surface area contributed by atoms with Gasteiger partial charge in [0.2, 0.25) is 11.1 Å². The van der Waals surface area contributed by atoms with E-state index in [1.54, 1.807) is 30.2 Å². The van der Waals surface area contributed by atoms with Crippen molar-refractivity contribution in [3.63, 3.8) is 0 Å². The van der Waals surface area contributed by atoms with Gasteiger partial charge in [0.15, 0.2) is 0 Å². The number of aromatic nitrogens is 2. The first-order valence-corrected chi connectivity index (χ1v) is 7.56. The Morgan fingerprint density at radius 1 is 1.55 bits per heavy atom. The number of nitro groups is 1. The molecule has 0 aliphatic rings. The number of aryl methyl sites for hydroxylation is 1. The van der Waals surface area contributed by atoms with Gasteiger partial charge in [-0.1, -0.05) is 0 Å². The summed E-state index contributed by atoms with van der Waals surface area (Å²) in [5.41, 5.74) is 1.17. The van der Waals surface area contributed by atoms with E-state index in [0.29, 0.717) is 6.54 Å². The Bertz CT molecular complexity index is 664. The summed E-state index contributed by atoms with van der Waals surface area (Å²) in [6, 6.07) is 1.96. The molecule has 0 aliphatic carbocycles. The molecule has 106 valence electrons. The standard InChI is InChI=1S/C11H10BrClN4O2S/c1-6-9(17(18)19)10(15-11(13)14-6)16(2)4-7-3-8(12)20-5-7/h3,5H,4H2,1-2H3. The van der Waals surface area contributed by atoms with Crippen molar-refractivity contribution in [3.8, 4) is 0 Å². The third-order valence-corrected chi connectivity index (χ3v) is 4.32. The van der Waals surface area contributed by atoms with Gasteiger partial charge in [0.25, 0.3) is 0 Å². The molecule has 0 aliphatic heterocycles. The highest BCUT2D eigenvalue weighted by Crippen LogP contribution is 2.30. The highest BCUT2D eigenvalue weighted by molar-refractivity contribution is 9.11. The molecule has 0 fully saturated rings. The molecule has 2 rings (SSSR count). The zero-order valence-electron chi connectivity index (χ0n) is 10.6. The number of hydrogen-bond acceptors (Lipinski definition) is 6. The maximum Gasteiger partial charge on any atom is 0.332 e. The molecule has 0 saturated carbocycles. The van der Waals surface area contributed by atoms with Gasteiger partial charge in [0.05, 0.1) is 8.71 Å². The minimum atomic E-state index is -0.485. The normalized spacial score (nSPS) is 10.6. The van der Waals surface area contributed by atoms with Crippen LogP contribution < -0.4 is 4.90 Å². The number of thiophene rings is 1. The third-order valence-electron chi connectivity index (χ3n) is 2.60. The lowest BCUT2D eigenvalue weighted by molar-refractivity contribution is -0.385. The topological polar surface area (TPSA) is 72.2 Å². The maximum atomic E-state index is 11.2. The average Bonchev–Trinajstić information content (AvgIpc) is 2.72. The van der Waals surface area contributed by atoms with Gasteiger partial charge in [-0.25, -0.2) is 4.98 Å². The first-order chi connectivity index (χ1) is 9.38. The smallest absolute Gasteiger partial charge is 0.332 e. The van der Waals surface area contributed by atoms with Crippen molar-refractivity contribution in [2.45, 2.75) is 13.5 Å². The molecule has 0 bridgehead atoms. The number of rotatable bonds is 4. The molecule has 9 heteroatoms. The van der Waals surface area contributed by atoms with Crippen LogP contribution in [0.1, 0.15) is 11.3 Å². The van der Waals surface area contributed by atoms with E-state index in [1.165, 1.54) is 0 Å². The Morgan fingerprint density at radius 3 is 2.80 bits per heavy atom. The van der Waals surface area contributed by atoms with Crippen LogP contribution >= 0.6 is 38.9 Å². The molecule has 0 atom stereocenters. The van der Waals surface area contributed by atoms with E-state index in [4.69, 9.17) is 11.6 Å². The van der Waals surface area contributed by atoms with Crippen molar-refractivity contribution >= 4 is 50.4 Å². The Kier molecular flexibility index (Phi) is 4.56. The van der Waals surface area contributed by atoms with E-state index in [2.05, 4.69) is 25.9 Å². The van der Waals surface area contributed by atoms with E-state index < -0.39 is 4.92 Å². The number of hydrogen-bond donors (Lipinski definition) is 0. The summed E-state index contributed by atoms with van der Waals surface area (Å²) >= 11 is 10.7. The second-order valence-corrected chi connectivity index (χ2v) is 6.75. The van der Waals surface area contributed by atoms with Gasteiger partial charge < -0.3 is 4.90 Å². The fourth-order valence-corrected chi connectivity index (χ4v) is 3.18. The molecule has 0 saturated heterocycles. The van der Waals surface area contributed by atoms with Crippen molar-refractivity contribution in [3.05, 3.63) is 41.9 Å². The maximum absolute atomic E-state index is 11.2. The Hall–Kier alpha value is -1.25. The molecule has 0 unspecified atom stereocenters. The minimum Gasteiger partial charge on any atom is -0.349 e. The summed E-state index contributed by atoms with van der Waals surface area (Å²) in [7, 11) is 1.73. The predicted molar refractivity (Wildman–Crippen MR) is 82.6 cm³/mol.